The second-order valence-electron chi connectivity index (χ2n) is 11.9. The van der Waals surface area contributed by atoms with Crippen LogP contribution in [0.4, 0.5) is 0 Å². The van der Waals surface area contributed by atoms with Gasteiger partial charge in [-0.2, -0.15) is 0 Å². The zero-order valence-corrected chi connectivity index (χ0v) is 28.1. The summed E-state index contributed by atoms with van der Waals surface area (Å²) in [5.41, 5.74) is 5.72. The molecule has 0 N–H and O–H groups in total. The van der Waals surface area contributed by atoms with Gasteiger partial charge >= 0.3 is 5.97 Å². The Hall–Kier alpha value is -3.75. The van der Waals surface area contributed by atoms with Crippen LogP contribution in [0.25, 0.3) is 27.5 Å². The lowest BCUT2D eigenvalue weighted by Gasteiger charge is -2.35. The predicted molar refractivity (Wildman–Crippen MR) is 182 cm³/mol. The fourth-order valence-electron chi connectivity index (χ4n) is 6.18. The number of halogens is 1. The third kappa shape index (κ3) is 6.63. The zero-order valence-electron chi connectivity index (χ0n) is 26.6. The van der Waals surface area contributed by atoms with E-state index in [1.165, 1.54) is 18.4 Å². The number of esters is 1. The quantitative estimate of drug-likeness (QED) is 0.174. The van der Waals surface area contributed by atoms with E-state index in [9.17, 15) is 14.4 Å². The number of methoxy groups -OCH3 is 1. The van der Waals surface area contributed by atoms with E-state index in [0.717, 1.165) is 53.8 Å². The van der Waals surface area contributed by atoms with E-state index in [0.29, 0.717) is 46.2 Å². The van der Waals surface area contributed by atoms with Crippen molar-refractivity contribution < 1.29 is 14.3 Å². The molecular weight excluding hydrogens is 606 g/mol. The van der Waals surface area contributed by atoms with Crippen LogP contribution in [0, 0.1) is 5.92 Å². The molecule has 0 bridgehead atoms. The first-order valence-corrected chi connectivity index (χ1v) is 16.9. The Labute approximate surface area is 273 Å². The van der Waals surface area contributed by atoms with Crippen LogP contribution in [0.3, 0.4) is 0 Å². The standard InChI is InChI=1S/C36H40ClN3O4S/c1-6-23-11-10-12-24(7-2)32(23)40-31(19-22(3)4)27(34(41)39-18-9-8-13-30(39)36(43)44-5)20-28(35(40)42)33-38-29(21-45-33)25-14-16-26(37)17-15-25/h10-12,14-17,20-22,30H,6-9,13,18-19H2,1-5H3. The monoisotopic (exact) mass is 645 g/mol. The molecule has 5 rings (SSSR count). The van der Waals surface area contributed by atoms with Gasteiger partial charge in [0, 0.05) is 28.2 Å². The van der Waals surface area contributed by atoms with Gasteiger partial charge in [-0.3, -0.25) is 14.2 Å². The second-order valence-corrected chi connectivity index (χ2v) is 13.2. The molecule has 0 saturated carbocycles. The molecule has 0 spiro atoms. The lowest BCUT2D eigenvalue weighted by Crippen LogP contribution is -2.49. The van der Waals surface area contributed by atoms with Crippen LogP contribution < -0.4 is 5.56 Å². The highest BCUT2D eigenvalue weighted by atomic mass is 35.5. The molecule has 1 fully saturated rings. The van der Waals surface area contributed by atoms with Crippen molar-refractivity contribution >= 4 is 34.8 Å². The average molecular weight is 646 g/mol. The van der Waals surface area contributed by atoms with Gasteiger partial charge in [0.1, 0.15) is 11.0 Å². The van der Waals surface area contributed by atoms with Crippen LogP contribution in [0.5, 0.6) is 0 Å². The lowest BCUT2D eigenvalue weighted by atomic mass is 9.95. The number of aryl methyl sites for hydroxylation is 2. The van der Waals surface area contributed by atoms with Crippen LogP contribution in [0.1, 0.15) is 74.1 Å². The molecule has 7 nitrogen and oxygen atoms in total. The topological polar surface area (TPSA) is 81.5 Å². The number of carbonyl (C=O) groups excluding carboxylic acids is 2. The molecule has 2 aromatic carbocycles. The first kappa shape index (κ1) is 32.6. The zero-order chi connectivity index (χ0) is 32.2. The summed E-state index contributed by atoms with van der Waals surface area (Å²) in [4.78, 5) is 48.8. The molecule has 4 aromatic rings. The minimum Gasteiger partial charge on any atom is -0.467 e. The fourth-order valence-corrected chi connectivity index (χ4v) is 7.14. The highest BCUT2D eigenvalue weighted by Crippen LogP contribution is 2.33. The summed E-state index contributed by atoms with van der Waals surface area (Å²) in [6.45, 7) is 8.77. The molecule has 1 aliphatic heterocycles. The Morgan fingerprint density at radius 2 is 1.76 bits per heavy atom. The molecule has 3 heterocycles. The van der Waals surface area contributed by atoms with Crippen LogP contribution >= 0.6 is 22.9 Å². The normalized spacial score (nSPS) is 15.0. The summed E-state index contributed by atoms with van der Waals surface area (Å²) >= 11 is 7.49. The molecule has 0 aliphatic carbocycles. The Morgan fingerprint density at radius 1 is 1.07 bits per heavy atom. The van der Waals surface area contributed by atoms with Crippen molar-refractivity contribution in [3.05, 3.63) is 91.7 Å². The van der Waals surface area contributed by atoms with Crippen molar-refractivity contribution in [3.8, 4) is 27.5 Å². The van der Waals surface area contributed by atoms with Gasteiger partial charge in [0.05, 0.1) is 29.6 Å². The van der Waals surface area contributed by atoms with Crippen LogP contribution in [0.2, 0.25) is 5.02 Å². The molecule has 1 aliphatic rings. The summed E-state index contributed by atoms with van der Waals surface area (Å²) in [5, 5.41) is 3.07. The van der Waals surface area contributed by atoms with Gasteiger partial charge < -0.3 is 9.64 Å². The second kappa shape index (κ2) is 14.1. The van der Waals surface area contributed by atoms with Gasteiger partial charge in [-0.05, 0) is 73.8 Å². The fraction of sp³-hybridized carbons (Fsp3) is 0.389. The smallest absolute Gasteiger partial charge is 0.328 e. The number of amides is 1. The summed E-state index contributed by atoms with van der Waals surface area (Å²) in [6.07, 6.45) is 4.12. The first-order valence-electron chi connectivity index (χ1n) is 15.7. The number of piperidine rings is 1. The Bertz CT molecular complexity index is 1740. The lowest BCUT2D eigenvalue weighted by molar-refractivity contribution is -0.147. The summed E-state index contributed by atoms with van der Waals surface area (Å²) in [5.74, 6) is -0.530. The van der Waals surface area contributed by atoms with Gasteiger partial charge in [0.15, 0.2) is 0 Å². The van der Waals surface area contributed by atoms with Crippen molar-refractivity contribution in [2.75, 3.05) is 13.7 Å². The number of nitrogens with zero attached hydrogens (tertiary/aromatic N) is 3. The molecule has 45 heavy (non-hydrogen) atoms. The minimum absolute atomic E-state index is 0.154. The molecule has 1 unspecified atom stereocenters. The highest BCUT2D eigenvalue weighted by Gasteiger charge is 2.36. The molecular formula is C36H40ClN3O4S. The van der Waals surface area contributed by atoms with E-state index in [4.69, 9.17) is 21.3 Å². The molecule has 1 amide bonds. The maximum atomic E-state index is 14.8. The Morgan fingerprint density at radius 3 is 2.38 bits per heavy atom. The van der Waals surface area contributed by atoms with Crippen molar-refractivity contribution in [1.29, 1.82) is 0 Å². The van der Waals surface area contributed by atoms with Crippen molar-refractivity contribution in [2.45, 2.75) is 72.3 Å². The molecule has 9 heteroatoms. The maximum Gasteiger partial charge on any atom is 0.328 e. The van der Waals surface area contributed by atoms with Crippen molar-refractivity contribution in [3.63, 3.8) is 0 Å². The highest BCUT2D eigenvalue weighted by molar-refractivity contribution is 7.13. The molecule has 0 radical (unpaired) electrons. The van der Waals surface area contributed by atoms with Gasteiger partial charge in [-0.15, -0.1) is 11.3 Å². The van der Waals surface area contributed by atoms with Crippen molar-refractivity contribution in [2.24, 2.45) is 5.92 Å². The third-order valence-electron chi connectivity index (χ3n) is 8.44. The number of hydrogen-bond acceptors (Lipinski definition) is 6. The molecule has 2 aromatic heterocycles. The molecule has 1 saturated heterocycles. The van der Waals surface area contributed by atoms with E-state index < -0.39 is 12.0 Å². The number of hydrogen-bond donors (Lipinski definition) is 0. The first-order chi connectivity index (χ1) is 21.7. The molecule has 236 valence electrons. The van der Waals surface area contributed by atoms with Crippen molar-refractivity contribution in [1.82, 2.24) is 14.5 Å². The number of thiazole rings is 1. The maximum absolute atomic E-state index is 14.8. The summed E-state index contributed by atoms with van der Waals surface area (Å²) in [7, 11) is 1.36. The van der Waals surface area contributed by atoms with Gasteiger partial charge in [-0.25, -0.2) is 9.78 Å². The number of para-hydroxylation sites is 1. The van der Waals surface area contributed by atoms with E-state index in [1.54, 1.807) is 15.5 Å². The summed E-state index contributed by atoms with van der Waals surface area (Å²) < 4.78 is 6.89. The van der Waals surface area contributed by atoms with E-state index >= 15 is 0 Å². The Kier molecular flexibility index (Phi) is 10.2. The average Bonchev–Trinajstić information content (AvgIpc) is 3.54. The van der Waals surface area contributed by atoms with Gasteiger partial charge in [0.25, 0.3) is 11.5 Å². The van der Waals surface area contributed by atoms with E-state index in [-0.39, 0.29) is 17.4 Å². The van der Waals surface area contributed by atoms with Crippen LogP contribution in [-0.2, 0) is 28.8 Å². The largest absolute Gasteiger partial charge is 0.467 e. The third-order valence-corrected chi connectivity index (χ3v) is 9.56. The van der Waals surface area contributed by atoms with Crippen LogP contribution in [-0.4, -0.2) is 46.0 Å². The number of rotatable bonds is 9. The van der Waals surface area contributed by atoms with Gasteiger partial charge in [-0.1, -0.05) is 69.6 Å². The summed E-state index contributed by atoms with van der Waals surface area (Å²) in [6, 6.07) is 14.6. The number of aromatic nitrogens is 2. The van der Waals surface area contributed by atoms with E-state index in [2.05, 4.69) is 27.7 Å². The van der Waals surface area contributed by atoms with E-state index in [1.807, 2.05) is 47.8 Å². The predicted octanol–water partition coefficient (Wildman–Crippen LogP) is 7.77. The Balaban J connectivity index is 1.81. The number of pyridine rings is 1. The molecule has 1 atom stereocenters. The minimum atomic E-state index is -0.669. The number of benzene rings is 2. The number of carbonyl (C=O) groups is 2. The SMILES string of the molecule is CCc1cccc(CC)c1-n1c(CC(C)C)c(C(=O)N2CCCCC2C(=O)OC)cc(-c2nc(-c3ccc(Cl)cc3)cs2)c1=O. The number of ether oxygens (including phenoxy) is 1. The van der Waals surface area contributed by atoms with Gasteiger partial charge in [0.2, 0.25) is 0 Å². The number of likely N-dealkylation sites (tertiary alicyclic amines) is 1. The van der Waals surface area contributed by atoms with Crippen LogP contribution in [0.15, 0.2) is 58.7 Å².